The Labute approximate surface area is 126 Å². The first-order chi connectivity index (χ1) is 9.50. The Kier molecular flexibility index (Phi) is 3.76. The van der Waals surface area contributed by atoms with Gasteiger partial charge in [-0.1, -0.05) is 20.8 Å². The summed E-state index contributed by atoms with van der Waals surface area (Å²) >= 11 is 0. The van der Waals surface area contributed by atoms with Gasteiger partial charge in [0.25, 0.3) is 0 Å². The molecule has 1 aliphatic heterocycles. The Balaban J connectivity index is 2.92. The minimum absolute atomic E-state index is 0.0983. The van der Waals surface area contributed by atoms with Crippen LogP contribution < -0.4 is 10.8 Å². The van der Waals surface area contributed by atoms with Crippen LogP contribution in [0.4, 0.5) is 0 Å². The molecule has 2 rings (SSSR count). The number of hydrogen-bond donors (Lipinski definition) is 0. The molecule has 0 spiro atoms. The van der Waals surface area contributed by atoms with Crippen LogP contribution in [-0.4, -0.2) is 22.1 Å². The molecule has 6 nitrogen and oxygen atoms in total. The SMILES string of the molecule is CC1/N=N\C(C)/N=c2\c(c(C(C)(C)C)nn2C(C)(C)C)=N/1. The van der Waals surface area contributed by atoms with E-state index in [1.807, 2.05) is 18.5 Å². The van der Waals surface area contributed by atoms with Crippen LogP contribution in [0.2, 0.25) is 0 Å². The van der Waals surface area contributed by atoms with Gasteiger partial charge in [-0.15, -0.1) is 0 Å². The second-order valence-electron chi connectivity index (χ2n) is 7.61. The maximum absolute atomic E-state index is 4.83. The highest BCUT2D eigenvalue weighted by Crippen LogP contribution is 2.18. The zero-order valence-electron chi connectivity index (χ0n) is 14.3. The van der Waals surface area contributed by atoms with Gasteiger partial charge in [-0.25, -0.2) is 9.67 Å². The van der Waals surface area contributed by atoms with E-state index in [1.165, 1.54) is 0 Å². The fraction of sp³-hybridized carbons (Fsp3) is 0.800. The lowest BCUT2D eigenvalue weighted by Crippen LogP contribution is -2.41. The Morgan fingerprint density at radius 1 is 0.857 bits per heavy atom. The van der Waals surface area contributed by atoms with E-state index in [2.05, 4.69) is 56.8 Å². The smallest absolute Gasteiger partial charge is 0.174 e. The fourth-order valence-electron chi connectivity index (χ4n) is 2.22. The topological polar surface area (TPSA) is 67.3 Å². The zero-order valence-corrected chi connectivity index (χ0v) is 14.3. The molecule has 116 valence electrons. The van der Waals surface area contributed by atoms with Crippen LogP contribution in [0.1, 0.15) is 61.1 Å². The number of azo groups is 1. The third-order valence-electron chi connectivity index (χ3n) is 3.21. The van der Waals surface area contributed by atoms with Gasteiger partial charge in [-0.2, -0.15) is 15.3 Å². The van der Waals surface area contributed by atoms with Crippen molar-refractivity contribution in [2.75, 3.05) is 0 Å². The van der Waals surface area contributed by atoms with Crippen LogP contribution in [-0.2, 0) is 11.0 Å². The molecule has 6 heteroatoms. The van der Waals surface area contributed by atoms with E-state index < -0.39 is 0 Å². The molecule has 0 amide bonds. The van der Waals surface area contributed by atoms with Crippen LogP contribution in [0.25, 0.3) is 0 Å². The number of fused-ring (bicyclic) bond motifs is 1. The fourth-order valence-corrected chi connectivity index (χ4v) is 2.22. The van der Waals surface area contributed by atoms with Crippen molar-refractivity contribution in [3.05, 3.63) is 16.5 Å². The third kappa shape index (κ3) is 3.19. The quantitative estimate of drug-likeness (QED) is 0.723. The largest absolute Gasteiger partial charge is 0.251 e. The molecule has 1 aliphatic rings. The van der Waals surface area contributed by atoms with Gasteiger partial charge < -0.3 is 0 Å². The van der Waals surface area contributed by atoms with Crippen molar-refractivity contribution in [3.8, 4) is 0 Å². The van der Waals surface area contributed by atoms with Gasteiger partial charge >= 0.3 is 0 Å². The van der Waals surface area contributed by atoms with Crippen LogP contribution in [0.3, 0.4) is 0 Å². The van der Waals surface area contributed by atoms with Crippen molar-refractivity contribution in [3.63, 3.8) is 0 Å². The van der Waals surface area contributed by atoms with Gasteiger partial charge in [0, 0.05) is 5.41 Å². The Morgan fingerprint density at radius 2 is 1.38 bits per heavy atom. The van der Waals surface area contributed by atoms with Crippen molar-refractivity contribution in [2.45, 2.75) is 78.7 Å². The molecule has 0 N–H and O–H groups in total. The molecule has 0 fully saturated rings. The number of hydrogen-bond acceptors (Lipinski definition) is 5. The van der Waals surface area contributed by atoms with Gasteiger partial charge in [0.1, 0.15) is 5.36 Å². The predicted molar refractivity (Wildman–Crippen MR) is 82.0 cm³/mol. The van der Waals surface area contributed by atoms with Gasteiger partial charge in [0.2, 0.25) is 0 Å². The normalized spacial score (nSPS) is 27.6. The molecule has 0 aliphatic carbocycles. The Hall–Kier alpha value is -1.59. The average Bonchev–Trinajstić information content (AvgIpc) is 2.63. The highest BCUT2D eigenvalue weighted by atomic mass is 15.4. The molecule has 1 aromatic rings. The lowest BCUT2D eigenvalue weighted by molar-refractivity contribution is 0.333. The van der Waals surface area contributed by atoms with E-state index >= 15 is 0 Å². The number of rotatable bonds is 0. The molecule has 0 bridgehead atoms. The maximum Gasteiger partial charge on any atom is 0.174 e. The Bertz CT molecular complexity index is 612. The molecule has 0 saturated carbocycles. The van der Waals surface area contributed by atoms with Crippen LogP contribution in [0, 0.1) is 0 Å². The van der Waals surface area contributed by atoms with Gasteiger partial charge in [-0.05, 0) is 34.6 Å². The minimum Gasteiger partial charge on any atom is -0.251 e. The van der Waals surface area contributed by atoms with Gasteiger partial charge in [-0.3, -0.25) is 4.99 Å². The van der Waals surface area contributed by atoms with E-state index in [0.717, 1.165) is 16.5 Å². The lowest BCUT2D eigenvalue weighted by atomic mass is 9.92. The second-order valence-corrected chi connectivity index (χ2v) is 7.61. The summed E-state index contributed by atoms with van der Waals surface area (Å²) in [5, 5.41) is 14.1. The van der Waals surface area contributed by atoms with Crippen molar-refractivity contribution in [2.24, 2.45) is 20.2 Å². The molecular formula is C15H26N6. The average molecular weight is 290 g/mol. The lowest BCUT2D eigenvalue weighted by Gasteiger charge is -2.20. The molecule has 2 heterocycles. The van der Waals surface area contributed by atoms with E-state index in [0.29, 0.717) is 0 Å². The van der Waals surface area contributed by atoms with E-state index in [1.54, 1.807) is 0 Å². The van der Waals surface area contributed by atoms with Crippen LogP contribution in [0.15, 0.2) is 20.2 Å². The van der Waals surface area contributed by atoms with Crippen molar-refractivity contribution in [1.29, 1.82) is 0 Å². The number of aromatic nitrogens is 2. The summed E-state index contributed by atoms with van der Waals surface area (Å²) in [5.41, 5.74) is 1.52. The third-order valence-corrected chi connectivity index (χ3v) is 3.21. The standard InChI is InChI=1S/C15H26N6/c1-9-16-11-12(14(3,4)5)20-21(15(6,7)8)13(11)17-10(2)19-18-9/h9-10H,1-8H3/b16-11-,17-13+,19-18-. The molecular weight excluding hydrogens is 264 g/mol. The molecule has 1 aromatic heterocycles. The monoisotopic (exact) mass is 290 g/mol. The van der Waals surface area contributed by atoms with E-state index in [-0.39, 0.29) is 23.3 Å². The highest BCUT2D eigenvalue weighted by molar-refractivity contribution is 5.12. The van der Waals surface area contributed by atoms with E-state index in [9.17, 15) is 0 Å². The summed E-state index contributed by atoms with van der Waals surface area (Å²) in [6.07, 6.45) is -0.423. The summed E-state index contributed by atoms with van der Waals surface area (Å²) < 4.78 is 1.97. The second kappa shape index (κ2) is 5.00. The summed E-state index contributed by atoms with van der Waals surface area (Å²) in [5.74, 6) is 0. The zero-order chi connectivity index (χ0) is 16.0. The first-order valence-electron chi connectivity index (χ1n) is 7.46. The van der Waals surface area contributed by atoms with Crippen molar-refractivity contribution >= 4 is 0 Å². The summed E-state index contributed by atoms with van der Waals surface area (Å²) in [6, 6.07) is 0. The van der Waals surface area contributed by atoms with Crippen LogP contribution in [0.5, 0.6) is 0 Å². The van der Waals surface area contributed by atoms with Crippen molar-refractivity contribution in [1.82, 2.24) is 9.78 Å². The van der Waals surface area contributed by atoms with Crippen LogP contribution >= 0.6 is 0 Å². The number of nitrogens with zero attached hydrogens (tertiary/aromatic N) is 6. The summed E-state index contributed by atoms with van der Waals surface area (Å²) in [6.45, 7) is 16.7. The molecule has 0 radical (unpaired) electrons. The minimum atomic E-state index is -0.215. The predicted octanol–water partition coefficient (Wildman–Crippen LogP) is 2.33. The molecule has 0 saturated heterocycles. The van der Waals surface area contributed by atoms with Crippen molar-refractivity contribution < 1.29 is 0 Å². The summed E-state index contributed by atoms with van der Waals surface area (Å²) in [4.78, 5) is 9.38. The molecule has 2 atom stereocenters. The highest BCUT2D eigenvalue weighted by Gasteiger charge is 2.27. The molecule has 0 aromatic carbocycles. The van der Waals surface area contributed by atoms with Gasteiger partial charge in [0.05, 0.1) is 11.2 Å². The summed E-state index contributed by atoms with van der Waals surface area (Å²) in [7, 11) is 0. The van der Waals surface area contributed by atoms with Gasteiger partial charge in [0.15, 0.2) is 17.8 Å². The van der Waals surface area contributed by atoms with E-state index in [4.69, 9.17) is 10.1 Å². The molecule has 2 unspecified atom stereocenters. The Morgan fingerprint density at radius 3 is 1.86 bits per heavy atom. The first kappa shape index (κ1) is 15.8. The molecule has 21 heavy (non-hydrogen) atoms. The first-order valence-corrected chi connectivity index (χ1v) is 7.46. The maximum atomic E-state index is 4.83.